The van der Waals surface area contributed by atoms with Gasteiger partial charge in [-0.15, -0.1) is 0 Å². The first-order valence-electron chi connectivity index (χ1n) is 10.0. The Morgan fingerprint density at radius 3 is 2.63 bits per heavy atom. The number of alkyl halides is 3. The molecule has 1 saturated heterocycles. The molecular weight excluding hydrogens is 399 g/mol. The van der Waals surface area contributed by atoms with Gasteiger partial charge in [0.2, 0.25) is 5.88 Å². The molecule has 1 aliphatic heterocycles. The number of amides is 1. The zero-order valence-corrected chi connectivity index (χ0v) is 17.0. The van der Waals surface area contributed by atoms with Gasteiger partial charge in [0.05, 0.1) is 19.1 Å². The van der Waals surface area contributed by atoms with Crippen molar-refractivity contribution in [1.29, 1.82) is 0 Å². The van der Waals surface area contributed by atoms with Crippen LogP contribution in [-0.4, -0.2) is 54.5 Å². The first kappa shape index (κ1) is 22.1. The molecule has 0 spiro atoms. The normalized spacial score (nSPS) is 16.5. The van der Waals surface area contributed by atoms with Crippen LogP contribution >= 0.6 is 0 Å². The summed E-state index contributed by atoms with van der Waals surface area (Å²) in [6.07, 6.45) is -4.14. The van der Waals surface area contributed by atoms with Gasteiger partial charge in [0.15, 0.2) is 0 Å². The summed E-state index contributed by atoms with van der Waals surface area (Å²) in [5, 5.41) is 13.3. The molecule has 2 N–H and O–H groups in total. The van der Waals surface area contributed by atoms with Crippen molar-refractivity contribution in [3.63, 3.8) is 0 Å². The molecule has 1 amide bonds. The Morgan fingerprint density at radius 1 is 1.33 bits per heavy atom. The van der Waals surface area contributed by atoms with E-state index in [1.807, 2.05) is 11.8 Å². The van der Waals surface area contributed by atoms with Gasteiger partial charge < -0.3 is 20.1 Å². The van der Waals surface area contributed by atoms with E-state index in [2.05, 4.69) is 10.3 Å². The third-order valence-electron chi connectivity index (χ3n) is 5.25. The average molecular weight is 425 g/mol. The van der Waals surface area contributed by atoms with Crippen LogP contribution in [0, 0.1) is 5.92 Å². The van der Waals surface area contributed by atoms with E-state index in [0.29, 0.717) is 29.3 Å². The fourth-order valence-corrected chi connectivity index (χ4v) is 3.59. The first-order valence-corrected chi connectivity index (χ1v) is 10.0. The van der Waals surface area contributed by atoms with E-state index >= 15 is 0 Å². The number of aliphatic hydroxyl groups is 1. The molecule has 0 aliphatic carbocycles. The molecule has 1 aromatic heterocycles. The zero-order chi connectivity index (χ0) is 21.9. The monoisotopic (exact) mass is 425 g/mol. The Labute approximate surface area is 173 Å². The topological polar surface area (TPSA) is 74.7 Å². The number of piperidine rings is 1. The summed E-state index contributed by atoms with van der Waals surface area (Å²) < 4.78 is 44.6. The van der Waals surface area contributed by atoms with Crippen LogP contribution in [0.5, 0.6) is 5.88 Å². The van der Waals surface area contributed by atoms with Gasteiger partial charge in [0.1, 0.15) is 5.82 Å². The summed E-state index contributed by atoms with van der Waals surface area (Å²) in [5.74, 6) is -0.689. The maximum absolute atomic E-state index is 13.0. The number of pyridine rings is 1. The minimum absolute atomic E-state index is 0.0189. The molecule has 6 nitrogen and oxygen atoms in total. The number of hydrogen-bond donors (Lipinski definition) is 2. The summed E-state index contributed by atoms with van der Waals surface area (Å²) in [6.45, 7) is 4.23. The van der Waals surface area contributed by atoms with E-state index in [9.17, 15) is 18.0 Å². The van der Waals surface area contributed by atoms with Crippen molar-refractivity contribution in [3.8, 4) is 5.88 Å². The molecule has 0 radical (unpaired) electrons. The number of aliphatic hydroxyl groups excluding tert-OH is 1. The molecule has 1 fully saturated rings. The van der Waals surface area contributed by atoms with Crippen LogP contribution in [0.15, 0.2) is 24.3 Å². The number of fused-ring (bicyclic) bond motifs is 1. The van der Waals surface area contributed by atoms with Gasteiger partial charge in [0, 0.05) is 36.1 Å². The summed E-state index contributed by atoms with van der Waals surface area (Å²) >= 11 is 0. The van der Waals surface area contributed by atoms with Crippen molar-refractivity contribution in [2.45, 2.75) is 38.9 Å². The van der Waals surface area contributed by atoms with Crippen LogP contribution in [0.2, 0.25) is 0 Å². The molecule has 1 aliphatic rings. The van der Waals surface area contributed by atoms with Crippen molar-refractivity contribution in [3.05, 3.63) is 29.8 Å². The molecule has 0 bridgehead atoms. The van der Waals surface area contributed by atoms with E-state index in [4.69, 9.17) is 9.84 Å². The Hall–Kier alpha value is -2.55. The Kier molecular flexibility index (Phi) is 6.70. The van der Waals surface area contributed by atoms with E-state index in [1.165, 1.54) is 0 Å². The summed E-state index contributed by atoms with van der Waals surface area (Å²) in [6, 6.07) is 6.44. The third kappa shape index (κ3) is 4.95. The highest BCUT2D eigenvalue weighted by atomic mass is 19.4. The molecule has 30 heavy (non-hydrogen) atoms. The number of benzene rings is 1. The summed E-state index contributed by atoms with van der Waals surface area (Å²) in [7, 11) is 0. The van der Waals surface area contributed by atoms with Gasteiger partial charge in [-0.25, -0.2) is 0 Å². The van der Waals surface area contributed by atoms with Gasteiger partial charge in [-0.3, -0.25) is 4.79 Å². The maximum atomic E-state index is 13.0. The van der Waals surface area contributed by atoms with Crippen molar-refractivity contribution in [2.75, 3.05) is 31.2 Å². The second-order valence-electron chi connectivity index (χ2n) is 7.51. The second kappa shape index (κ2) is 9.07. The van der Waals surface area contributed by atoms with E-state index in [-0.39, 0.29) is 44.5 Å². The van der Waals surface area contributed by atoms with Crippen molar-refractivity contribution in [2.24, 2.45) is 5.92 Å². The first-order chi connectivity index (χ1) is 14.2. The van der Waals surface area contributed by atoms with Gasteiger partial charge in [0.25, 0.3) is 5.91 Å². The molecule has 2 heterocycles. The molecule has 3 rings (SSSR count). The maximum Gasteiger partial charge on any atom is 0.391 e. The molecule has 1 aromatic carbocycles. The largest absolute Gasteiger partial charge is 0.478 e. The predicted molar refractivity (Wildman–Crippen MR) is 108 cm³/mol. The van der Waals surface area contributed by atoms with Crippen molar-refractivity contribution < 1.29 is 27.8 Å². The smallest absolute Gasteiger partial charge is 0.391 e. The number of nitrogens with zero attached hydrogens (tertiary/aromatic N) is 2. The van der Waals surface area contributed by atoms with Crippen LogP contribution in [0.3, 0.4) is 0 Å². The lowest BCUT2D eigenvalue weighted by Crippen LogP contribution is -2.39. The molecule has 2 aromatic rings. The number of hydrogen-bond acceptors (Lipinski definition) is 5. The van der Waals surface area contributed by atoms with Gasteiger partial charge in [-0.05, 0) is 50.3 Å². The number of carbonyl (C=O) groups excluding carboxylic acids is 1. The van der Waals surface area contributed by atoms with Crippen LogP contribution in [0.4, 0.5) is 19.0 Å². The second-order valence-corrected chi connectivity index (χ2v) is 7.51. The van der Waals surface area contributed by atoms with Crippen LogP contribution in [0.1, 0.15) is 37.0 Å². The predicted octanol–water partition coefficient (Wildman–Crippen LogP) is 3.52. The van der Waals surface area contributed by atoms with Gasteiger partial charge in [-0.2, -0.15) is 18.2 Å². The SMILES string of the molecule is CCOc1cc2cc(C(=O)N[C@H](C)CO)ccc2c(N2CCC(C(F)(F)F)CC2)n1. The highest BCUT2D eigenvalue weighted by Gasteiger charge is 2.41. The van der Waals surface area contributed by atoms with Gasteiger partial charge in [-0.1, -0.05) is 0 Å². The molecule has 164 valence electrons. The quantitative estimate of drug-likeness (QED) is 0.741. The van der Waals surface area contributed by atoms with Crippen molar-refractivity contribution >= 4 is 22.5 Å². The van der Waals surface area contributed by atoms with Crippen LogP contribution in [0.25, 0.3) is 10.8 Å². The number of ether oxygens (including phenoxy) is 1. The Balaban J connectivity index is 1.93. The van der Waals surface area contributed by atoms with Crippen LogP contribution < -0.4 is 15.0 Å². The molecule has 1 atom stereocenters. The molecule has 0 unspecified atom stereocenters. The molecule has 9 heteroatoms. The summed E-state index contributed by atoms with van der Waals surface area (Å²) in [5.41, 5.74) is 0.415. The lowest BCUT2D eigenvalue weighted by atomic mass is 9.96. The lowest BCUT2D eigenvalue weighted by molar-refractivity contribution is -0.179. The fraction of sp³-hybridized carbons (Fsp3) is 0.524. The van der Waals surface area contributed by atoms with Crippen molar-refractivity contribution in [1.82, 2.24) is 10.3 Å². The van der Waals surface area contributed by atoms with Gasteiger partial charge >= 0.3 is 6.18 Å². The number of nitrogens with one attached hydrogen (secondary N) is 1. The number of halogens is 3. The third-order valence-corrected chi connectivity index (χ3v) is 5.25. The highest BCUT2D eigenvalue weighted by Crippen LogP contribution is 2.37. The average Bonchev–Trinajstić information content (AvgIpc) is 2.72. The Bertz CT molecular complexity index is 896. The molecule has 0 saturated carbocycles. The van der Waals surface area contributed by atoms with E-state index in [1.54, 1.807) is 31.2 Å². The molecular formula is C21H26F3N3O3. The number of carbonyl (C=O) groups is 1. The minimum Gasteiger partial charge on any atom is -0.478 e. The highest BCUT2D eigenvalue weighted by molar-refractivity contribution is 6.01. The number of rotatable bonds is 6. The Morgan fingerprint density at radius 2 is 2.03 bits per heavy atom. The fourth-order valence-electron chi connectivity index (χ4n) is 3.59. The zero-order valence-electron chi connectivity index (χ0n) is 17.0. The number of aromatic nitrogens is 1. The summed E-state index contributed by atoms with van der Waals surface area (Å²) in [4.78, 5) is 18.8. The van der Waals surface area contributed by atoms with Crippen LogP contribution in [-0.2, 0) is 0 Å². The van der Waals surface area contributed by atoms with E-state index < -0.39 is 12.1 Å². The standard InChI is InChI=1S/C21H26F3N3O3/c1-3-30-18-11-15-10-14(20(29)25-13(2)12-28)4-5-17(15)19(26-18)27-8-6-16(7-9-27)21(22,23)24/h4-5,10-11,13,16,28H,3,6-9,12H2,1-2H3,(H,25,29)/t13-/m1/s1. The van der Waals surface area contributed by atoms with E-state index in [0.717, 1.165) is 5.39 Å². The lowest BCUT2D eigenvalue weighted by Gasteiger charge is -2.34. The minimum atomic E-state index is -4.18. The number of anilines is 1.